The van der Waals surface area contributed by atoms with Gasteiger partial charge in [0, 0.05) is 18.5 Å². The van der Waals surface area contributed by atoms with E-state index in [4.69, 9.17) is 10.8 Å². The Labute approximate surface area is 105 Å². The summed E-state index contributed by atoms with van der Waals surface area (Å²) in [7, 11) is 1.96. The molecule has 3 N–H and O–H groups in total. The van der Waals surface area contributed by atoms with E-state index in [1.807, 2.05) is 11.9 Å². The van der Waals surface area contributed by atoms with E-state index < -0.39 is 12.0 Å². The summed E-state index contributed by atoms with van der Waals surface area (Å²) in [6, 6.07) is -0.696. The Bertz CT molecular complexity index is 392. The van der Waals surface area contributed by atoms with Gasteiger partial charge in [-0.1, -0.05) is 13.8 Å². The molecule has 0 aliphatic rings. The van der Waals surface area contributed by atoms with Crippen LogP contribution in [0.3, 0.4) is 0 Å². The number of nitrogens with zero attached hydrogens (tertiary/aromatic N) is 2. The van der Waals surface area contributed by atoms with Gasteiger partial charge in [0.1, 0.15) is 6.04 Å². The van der Waals surface area contributed by atoms with Gasteiger partial charge in [-0.2, -0.15) is 0 Å². The number of rotatable bonds is 5. The molecule has 2 unspecified atom stereocenters. The Morgan fingerprint density at radius 3 is 2.59 bits per heavy atom. The van der Waals surface area contributed by atoms with Gasteiger partial charge >= 0.3 is 5.97 Å². The van der Waals surface area contributed by atoms with Gasteiger partial charge in [0.05, 0.1) is 5.69 Å². The lowest BCUT2D eigenvalue weighted by Crippen LogP contribution is -2.33. The first kappa shape index (κ1) is 13.9. The molecule has 0 saturated carbocycles. The first-order chi connectivity index (χ1) is 7.84. The summed E-state index contributed by atoms with van der Waals surface area (Å²) >= 11 is 1.42. The smallest absolute Gasteiger partial charge is 0.326 e. The molecule has 0 amide bonds. The minimum atomic E-state index is -1.05. The largest absolute Gasteiger partial charge is 0.480 e. The van der Waals surface area contributed by atoms with Crippen LogP contribution in [0.1, 0.15) is 32.5 Å². The van der Waals surface area contributed by atoms with E-state index in [9.17, 15) is 4.79 Å². The van der Waals surface area contributed by atoms with Crippen molar-refractivity contribution >= 4 is 22.4 Å². The molecule has 17 heavy (non-hydrogen) atoms. The summed E-state index contributed by atoms with van der Waals surface area (Å²) in [5.41, 5.74) is 5.93. The molecule has 96 valence electrons. The second-order valence-electron chi connectivity index (χ2n) is 4.47. The van der Waals surface area contributed by atoms with E-state index in [2.05, 4.69) is 25.8 Å². The highest BCUT2D eigenvalue weighted by Gasteiger charge is 2.21. The topological polar surface area (TPSA) is 79.5 Å². The Morgan fingerprint density at radius 1 is 1.53 bits per heavy atom. The monoisotopic (exact) mass is 257 g/mol. The third kappa shape index (κ3) is 3.17. The minimum Gasteiger partial charge on any atom is -0.480 e. The average molecular weight is 257 g/mol. The van der Waals surface area contributed by atoms with Crippen LogP contribution in [-0.2, 0) is 4.79 Å². The van der Waals surface area contributed by atoms with Crippen molar-refractivity contribution in [3.63, 3.8) is 0 Å². The van der Waals surface area contributed by atoms with Crippen LogP contribution < -0.4 is 10.6 Å². The Kier molecular flexibility index (Phi) is 4.47. The zero-order chi connectivity index (χ0) is 13.2. The van der Waals surface area contributed by atoms with Gasteiger partial charge in [-0.3, -0.25) is 4.79 Å². The zero-order valence-electron chi connectivity index (χ0n) is 10.5. The van der Waals surface area contributed by atoms with Crippen LogP contribution in [0.4, 0.5) is 5.13 Å². The molecule has 1 rings (SSSR count). The van der Waals surface area contributed by atoms with Gasteiger partial charge in [-0.25, -0.2) is 4.98 Å². The molecular weight excluding hydrogens is 238 g/mol. The van der Waals surface area contributed by atoms with Crippen molar-refractivity contribution in [2.24, 2.45) is 11.7 Å². The molecule has 0 bridgehead atoms. The van der Waals surface area contributed by atoms with Crippen molar-refractivity contribution in [3.8, 4) is 0 Å². The van der Waals surface area contributed by atoms with Crippen molar-refractivity contribution in [1.29, 1.82) is 0 Å². The number of carbonyl (C=O) groups is 1. The molecule has 0 saturated heterocycles. The van der Waals surface area contributed by atoms with Crippen LogP contribution in [0.5, 0.6) is 0 Å². The Morgan fingerprint density at radius 2 is 2.12 bits per heavy atom. The molecule has 0 aliphatic carbocycles. The fourth-order valence-electron chi connectivity index (χ4n) is 1.33. The zero-order valence-corrected chi connectivity index (χ0v) is 11.4. The lowest BCUT2D eigenvalue weighted by molar-refractivity contribution is -0.138. The van der Waals surface area contributed by atoms with E-state index >= 15 is 0 Å². The summed E-state index contributed by atoms with van der Waals surface area (Å²) in [6.45, 7) is 6.39. The second kappa shape index (κ2) is 5.46. The Hall–Kier alpha value is -1.14. The van der Waals surface area contributed by atoms with Crippen LogP contribution >= 0.6 is 11.3 Å². The number of carboxylic acid groups (broad SMARTS) is 1. The lowest BCUT2D eigenvalue weighted by atomic mass is 10.1. The SMILES string of the molecule is CC(C)C(C)N(C)c1nc(C(N)C(=O)O)cs1. The maximum absolute atomic E-state index is 10.7. The molecule has 0 radical (unpaired) electrons. The fraction of sp³-hybridized carbons (Fsp3) is 0.636. The number of anilines is 1. The number of aliphatic carboxylic acids is 1. The predicted octanol–water partition coefficient (Wildman–Crippen LogP) is 1.71. The van der Waals surface area contributed by atoms with E-state index in [0.29, 0.717) is 17.7 Å². The van der Waals surface area contributed by atoms with E-state index in [0.717, 1.165) is 5.13 Å². The van der Waals surface area contributed by atoms with Crippen LogP contribution in [0.2, 0.25) is 0 Å². The van der Waals surface area contributed by atoms with Crippen LogP contribution in [-0.4, -0.2) is 29.1 Å². The minimum absolute atomic E-state index is 0.343. The number of thiazole rings is 1. The highest BCUT2D eigenvalue weighted by molar-refractivity contribution is 7.13. The van der Waals surface area contributed by atoms with E-state index in [-0.39, 0.29) is 0 Å². The number of hydrogen-bond acceptors (Lipinski definition) is 5. The van der Waals surface area contributed by atoms with Crippen LogP contribution in [0, 0.1) is 5.92 Å². The molecule has 0 aliphatic heterocycles. The van der Waals surface area contributed by atoms with Crippen LogP contribution in [0.15, 0.2) is 5.38 Å². The molecule has 1 aromatic heterocycles. The first-order valence-electron chi connectivity index (χ1n) is 5.51. The third-order valence-electron chi connectivity index (χ3n) is 2.97. The normalized spacial score (nSPS) is 14.7. The van der Waals surface area contributed by atoms with Crippen molar-refractivity contribution in [1.82, 2.24) is 4.98 Å². The average Bonchev–Trinajstić information content (AvgIpc) is 2.74. The van der Waals surface area contributed by atoms with Gasteiger partial charge in [0.15, 0.2) is 5.13 Å². The van der Waals surface area contributed by atoms with Gasteiger partial charge in [-0.05, 0) is 12.8 Å². The highest BCUT2D eigenvalue weighted by atomic mass is 32.1. The molecule has 1 aromatic rings. The molecular formula is C11H19N3O2S. The maximum Gasteiger partial charge on any atom is 0.326 e. The molecule has 5 nitrogen and oxygen atoms in total. The third-order valence-corrected chi connectivity index (χ3v) is 3.92. The van der Waals surface area contributed by atoms with E-state index in [1.54, 1.807) is 5.38 Å². The molecule has 0 aromatic carbocycles. The van der Waals surface area contributed by atoms with Gasteiger partial charge < -0.3 is 15.7 Å². The molecule has 0 fully saturated rings. The lowest BCUT2D eigenvalue weighted by Gasteiger charge is -2.27. The fourth-order valence-corrected chi connectivity index (χ4v) is 2.25. The van der Waals surface area contributed by atoms with E-state index in [1.165, 1.54) is 11.3 Å². The highest BCUT2D eigenvalue weighted by Crippen LogP contribution is 2.25. The van der Waals surface area contributed by atoms with Gasteiger partial charge in [0.2, 0.25) is 0 Å². The van der Waals surface area contributed by atoms with Gasteiger partial charge in [0.25, 0.3) is 0 Å². The summed E-state index contributed by atoms with van der Waals surface area (Å²) in [5.74, 6) is -0.554. The van der Waals surface area contributed by atoms with Gasteiger partial charge in [-0.15, -0.1) is 11.3 Å². The first-order valence-corrected chi connectivity index (χ1v) is 6.39. The second-order valence-corrected chi connectivity index (χ2v) is 5.30. The number of hydrogen-bond donors (Lipinski definition) is 2. The van der Waals surface area contributed by atoms with Crippen molar-refractivity contribution < 1.29 is 9.90 Å². The summed E-state index contributed by atoms with van der Waals surface area (Å²) < 4.78 is 0. The quantitative estimate of drug-likeness (QED) is 0.839. The number of aromatic nitrogens is 1. The predicted molar refractivity (Wildman–Crippen MR) is 69.4 cm³/mol. The summed E-state index contributed by atoms with van der Waals surface area (Å²) in [5, 5.41) is 11.3. The van der Waals surface area contributed by atoms with Crippen molar-refractivity contribution in [3.05, 3.63) is 11.1 Å². The molecule has 1 heterocycles. The Balaban J connectivity index is 2.84. The summed E-state index contributed by atoms with van der Waals surface area (Å²) in [4.78, 5) is 17.1. The summed E-state index contributed by atoms with van der Waals surface area (Å²) in [6.07, 6.45) is 0. The molecule has 6 heteroatoms. The molecule has 0 spiro atoms. The standard InChI is InChI=1S/C11H19N3O2S/c1-6(2)7(3)14(4)11-13-8(5-17-11)9(12)10(15)16/h5-7,9H,12H2,1-4H3,(H,15,16). The van der Waals surface area contributed by atoms with Crippen LogP contribution in [0.25, 0.3) is 0 Å². The number of nitrogens with two attached hydrogens (primary N) is 1. The molecule has 2 atom stereocenters. The maximum atomic E-state index is 10.7. The van der Waals surface area contributed by atoms with Crippen molar-refractivity contribution in [2.75, 3.05) is 11.9 Å². The van der Waals surface area contributed by atoms with Crippen molar-refractivity contribution in [2.45, 2.75) is 32.9 Å². The number of carboxylic acids is 1.